The average molecular weight is 402 g/mol. The van der Waals surface area contributed by atoms with Gasteiger partial charge in [-0.3, -0.25) is 4.68 Å². The van der Waals surface area contributed by atoms with E-state index in [4.69, 9.17) is 0 Å². The van der Waals surface area contributed by atoms with Gasteiger partial charge in [0.05, 0.1) is 22.8 Å². The van der Waals surface area contributed by atoms with Gasteiger partial charge in [-0.1, -0.05) is 18.2 Å². The molecule has 0 bridgehead atoms. The fourth-order valence-corrected chi connectivity index (χ4v) is 5.44. The molecule has 0 saturated carbocycles. The van der Waals surface area contributed by atoms with Crippen molar-refractivity contribution in [2.24, 2.45) is 0 Å². The second-order valence-corrected chi connectivity index (χ2v) is 8.64. The molecule has 2 aromatic heterocycles. The van der Waals surface area contributed by atoms with E-state index in [0.29, 0.717) is 11.4 Å². The summed E-state index contributed by atoms with van der Waals surface area (Å²) in [6.45, 7) is 12.0. The Labute approximate surface area is 166 Å². The molecule has 150 valence electrons. The Bertz CT molecular complexity index is 1100. The van der Waals surface area contributed by atoms with Crippen molar-refractivity contribution in [3.8, 4) is 5.69 Å². The predicted molar refractivity (Wildman–Crippen MR) is 109 cm³/mol. The smallest absolute Gasteiger partial charge is 0.244 e. The van der Waals surface area contributed by atoms with E-state index in [1.165, 1.54) is 0 Å². The summed E-state index contributed by atoms with van der Waals surface area (Å²) in [7, 11) is -3.76. The minimum atomic E-state index is -3.76. The van der Waals surface area contributed by atoms with Gasteiger partial charge in [0.15, 0.2) is 0 Å². The molecular formula is C20H27N5O2S. The second-order valence-electron chi connectivity index (χ2n) is 6.99. The number of rotatable bonds is 6. The van der Waals surface area contributed by atoms with Crippen LogP contribution in [-0.2, 0) is 16.6 Å². The molecule has 8 heteroatoms. The highest BCUT2D eigenvalue weighted by molar-refractivity contribution is 7.89. The van der Waals surface area contributed by atoms with Crippen LogP contribution in [0.4, 0.5) is 0 Å². The number of nitrogens with zero attached hydrogens (tertiary/aromatic N) is 4. The van der Waals surface area contributed by atoms with Gasteiger partial charge in [-0.25, -0.2) is 17.8 Å². The Balaban J connectivity index is 1.98. The maximum absolute atomic E-state index is 13.2. The number of para-hydroxylation sites is 1. The second kappa shape index (κ2) is 7.52. The molecule has 0 aliphatic rings. The molecule has 0 radical (unpaired) electrons. The number of hydrogen-bond acceptors (Lipinski definition) is 4. The first-order valence-electron chi connectivity index (χ1n) is 9.35. The molecule has 28 heavy (non-hydrogen) atoms. The standard InChI is InChI=1S/C20H27N5O2S/c1-7-24-16(5)19(13(2)21-24)14(3)23-28(26,27)20-15(4)22-25(17(20)6)18-11-9-8-10-12-18/h8-12,14,23H,7H2,1-6H3/t14-/m1/s1. The molecule has 3 aromatic rings. The topological polar surface area (TPSA) is 81.8 Å². The van der Waals surface area contributed by atoms with Gasteiger partial charge >= 0.3 is 0 Å². The Morgan fingerprint density at radius 2 is 1.64 bits per heavy atom. The molecule has 3 rings (SSSR count). The van der Waals surface area contributed by atoms with E-state index in [9.17, 15) is 8.42 Å². The summed E-state index contributed by atoms with van der Waals surface area (Å²) in [6, 6.07) is 9.12. The highest BCUT2D eigenvalue weighted by Crippen LogP contribution is 2.27. The van der Waals surface area contributed by atoms with Gasteiger partial charge in [-0.05, 0) is 53.7 Å². The minimum Gasteiger partial charge on any atom is -0.270 e. The van der Waals surface area contributed by atoms with Crippen LogP contribution in [-0.4, -0.2) is 28.0 Å². The van der Waals surface area contributed by atoms with E-state index in [1.807, 2.05) is 62.7 Å². The summed E-state index contributed by atoms with van der Waals surface area (Å²) in [4.78, 5) is 0.224. The summed E-state index contributed by atoms with van der Waals surface area (Å²) in [5.41, 5.74) is 4.61. The van der Waals surface area contributed by atoms with Crippen molar-refractivity contribution in [3.05, 3.63) is 58.7 Å². The lowest BCUT2D eigenvalue weighted by molar-refractivity contribution is 0.564. The molecule has 0 amide bonds. The Morgan fingerprint density at radius 1 is 1.00 bits per heavy atom. The molecule has 0 aliphatic heterocycles. The van der Waals surface area contributed by atoms with Gasteiger partial charge in [0, 0.05) is 23.8 Å². The van der Waals surface area contributed by atoms with Gasteiger partial charge in [0.25, 0.3) is 0 Å². The zero-order chi connectivity index (χ0) is 20.6. The third-order valence-corrected chi connectivity index (χ3v) is 6.79. The fourth-order valence-electron chi connectivity index (χ4n) is 3.83. The van der Waals surface area contributed by atoms with Crippen LogP contribution < -0.4 is 4.72 Å². The van der Waals surface area contributed by atoms with E-state index in [1.54, 1.807) is 18.5 Å². The highest BCUT2D eigenvalue weighted by atomic mass is 32.2. The quantitative estimate of drug-likeness (QED) is 0.687. The zero-order valence-corrected chi connectivity index (χ0v) is 18.0. The largest absolute Gasteiger partial charge is 0.270 e. The highest BCUT2D eigenvalue weighted by Gasteiger charge is 2.28. The van der Waals surface area contributed by atoms with Gasteiger partial charge in [0.2, 0.25) is 10.0 Å². The number of nitrogens with one attached hydrogen (secondary N) is 1. The van der Waals surface area contributed by atoms with Gasteiger partial charge in [-0.15, -0.1) is 0 Å². The fraction of sp³-hybridized carbons (Fsp3) is 0.400. The van der Waals surface area contributed by atoms with Crippen LogP contribution in [0.2, 0.25) is 0 Å². The van der Waals surface area contributed by atoms with Crippen LogP contribution >= 0.6 is 0 Å². The Morgan fingerprint density at radius 3 is 2.21 bits per heavy atom. The van der Waals surface area contributed by atoms with Crippen molar-refractivity contribution in [1.82, 2.24) is 24.3 Å². The van der Waals surface area contributed by atoms with E-state index in [-0.39, 0.29) is 4.90 Å². The molecular weight excluding hydrogens is 374 g/mol. The van der Waals surface area contributed by atoms with Crippen molar-refractivity contribution in [3.63, 3.8) is 0 Å². The molecule has 0 unspecified atom stereocenters. The summed E-state index contributed by atoms with van der Waals surface area (Å²) in [5, 5.41) is 8.96. The van der Waals surface area contributed by atoms with Crippen LogP contribution in [0.5, 0.6) is 0 Å². The number of benzene rings is 1. The lowest BCUT2D eigenvalue weighted by Crippen LogP contribution is -2.28. The third kappa shape index (κ3) is 3.49. The van der Waals surface area contributed by atoms with Crippen LogP contribution in [0, 0.1) is 27.7 Å². The number of aromatic nitrogens is 4. The predicted octanol–water partition coefficient (Wildman–Crippen LogP) is 3.36. The Kier molecular flexibility index (Phi) is 5.45. The molecule has 1 atom stereocenters. The molecule has 0 aliphatic carbocycles. The number of hydrogen-bond donors (Lipinski definition) is 1. The first-order chi connectivity index (χ1) is 13.2. The summed E-state index contributed by atoms with van der Waals surface area (Å²) >= 11 is 0. The summed E-state index contributed by atoms with van der Waals surface area (Å²) in [6.07, 6.45) is 0. The first kappa shape index (κ1) is 20.3. The van der Waals surface area contributed by atoms with Gasteiger partial charge < -0.3 is 0 Å². The molecule has 0 spiro atoms. The van der Waals surface area contributed by atoms with Gasteiger partial charge in [0.1, 0.15) is 4.90 Å². The van der Waals surface area contributed by atoms with Crippen LogP contribution in [0.3, 0.4) is 0 Å². The van der Waals surface area contributed by atoms with E-state index in [0.717, 1.165) is 29.2 Å². The normalized spacial score (nSPS) is 13.1. The zero-order valence-electron chi connectivity index (χ0n) is 17.2. The third-order valence-electron chi connectivity index (χ3n) is 5.00. The number of sulfonamides is 1. The maximum Gasteiger partial charge on any atom is 0.244 e. The summed E-state index contributed by atoms with van der Waals surface area (Å²) < 4.78 is 32.8. The average Bonchev–Trinajstić information content (AvgIpc) is 3.10. The maximum atomic E-state index is 13.2. The van der Waals surface area contributed by atoms with E-state index < -0.39 is 16.1 Å². The van der Waals surface area contributed by atoms with Crippen molar-refractivity contribution in [2.75, 3.05) is 0 Å². The van der Waals surface area contributed by atoms with Crippen molar-refractivity contribution in [2.45, 2.75) is 59.0 Å². The number of aryl methyl sites for hydroxylation is 3. The van der Waals surface area contributed by atoms with Crippen molar-refractivity contribution < 1.29 is 8.42 Å². The van der Waals surface area contributed by atoms with Crippen molar-refractivity contribution >= 4 is 10.0 Å². The lowest BCUT2D eigenvalue weighted by Gasteiger charge is -2.15. The van der Waals surface area contributed by atoms with Crippen LogP contribution in [0.15, 0.2) is 35.2 Å². The molecule has 1 N–H and O–H groups in total. The van der Waals surface area contributed by atoms with Crippen LogP contribution in [0.25, 0.3) is 5.69 Å². The SMILES string of the molecule is CCn1nc(C)c([C@@H](C)NS(=O)(=O)c2c(C)nn(-c3ccccc3)c2C)c1C. The summed E-state index contributed by atoms with van der Waals surface area (Å²) in [5.74, 6) is 0. The van der Waals surface area contributed by atoms with E-state index >= 15 is 0 Å². The molecule has 0 saturated heterocycles. The Hall–Kier alpha value is -2.45. The van der Waals surface area contributed by atoms with Crippen molar-refractivity contribution in [1.29, 1.82) is 0 Å². The lowest BCUT2D eigenvalue weighted by atomic mass is 10.1. The van der Waals surface area contributed by atoms with Gasteiger partial charge in [-0.2, -0.15) is 10.2 Å². The first-order valence-corrected chi connectivity index (χ1v) is 10.8. The molecule has 1 aromatic carbocycles. The minimum absolute atomic E-state index is 0.224. The monoisotopic (exact) mass is 401 g/mol. The van der Waals surface area contributed by atoms with E-state index in [2.05, 4.69) is 14.9 Å². The molecule has 2 heterocycles. The molecule has 0 fully saturated rings. The molecule has 7 nitrogen and oxygen atoms in total. The van der Waals surface area contributed by atoms with Crippen LogP contribution in [0.1, 0.15) is 48.2 Å².